The predicted molar refractivity (Wildman–Crippen MR) is 52.4 cm³/mol. The molecule has 0 saturated heterocycles. The van der Waals surface area contributed by atoms with E-state index < -0.39 is 0 Å². The molecule has 1 unspecified atom stereocenters. The number of fused-ring (bicyclic) bond motifs is 1. The Labute approximate surface area is 81.2 Å². The molecule has 0 saturated carbocycles. The standard InChI is InChI=1S/C10H8ClNO/c11-9-3-1-2-8-7(9)4-5-12-10(8)6-13/h1-6,10,12H. The minimum Gasteiger partial charge on any atom is -0.378 e. The van der Waals surface area contributed by atoms with Gasteiger partial charge in [-0.15, -0.1) is 0 Å². The van der Waals surface area contributed by atoms with Crippen LogP contribution in [0.25, 0.3) is 6.08 Å². The quantitative estimate of drug-likeness (QED) is 0.693. The van der Waals surface area contributed by atoms with Crippen molar-refractivity contribution in [2.45, 2.75) is 6.04 Å². The van der Waals surface area contributed by atoms with Crippen LogP contribution >= 0.6 is 11.6 Å². The molecule has 0 aromatic heterocycles. The van der Waals surface area contributed by atoms with Gasteiger partial charge in [-0.25, -0.2) is 0 Å². The fourth-order valence-electron chi connectivity index (χ4n) is 1.44. The molecule has 0 radical (unpaired) electrons. The summed E-state index contributed by atoms with van der Waals surface area (Å²) in [7, 11) is 0. The summed E-state index contributed by atoms with van der Waals surface area (Å²) in [4.78, 5) is 10.7. The van der Waals surface area contributed by atoms with Crippen LogP contribution in [-0.4, -0.2) is 6.29 Å². The molecule has 0 fully saturated rings. The highest BCUT2D eigenvalue weighted by molar-refractivity contribution is 6.32. The van der Waals surface area contributed by atoms with E-state index in [1.807, 2.05) is 24.3 Å². The first-order chi connectivity index (χ1) is 6.33. The highest BCUT2D eigenvalue weighted by Gasteiger charge is 2.16. The van der Waals surface area contributed by atoms with E-state index in [0.717, 1.165) is 17.4 Å². The van der Waals surface area contributed by atoms with Crippen LogP contribution in [0.1, 0.15) is 17.2 Å². The van der Waals surface area contributed by atoms with E-state index in [1.165, 1.54) is 0 Å². The number of rotatable bonds is 1. The SMILES string of the molecule is O=CC1NC=Cc2c(Cl)cccc21. The molecular weight excluding hydrogens is 186 g/mol. The zero-order chi connectivity index (χ0) is 9.26. The minimum atomic E-state index is -0.265. The zero-order valence-electron chi connectivity index (χ0n) is 6.83. The topological polar surface area (TPSA) is 29.1 Å². The Bertz CT molecular complexity index is 373. The molecule has 2 nitrogen and oxygen atoms in total. The van der Waals surface area contributed by atoms with Crippen LogP contribution < -0.4 is 5.32 Å². The largest absolute Gasteiger partial charge is 0.378 e. The van der Waals surface area contributed by atoms with E-state index in [2.05, 4.69) is 5.32 Å². The second-order valence-corrected chi connectivity index (χ2v) is 3.26. The highest BCUT2D eigenvalue weighted by atomic mass is 35.5. The average molecular weight is 194 g/mol. The third kappa shape index (κ3) is 1.33. The van der Waals surface area contributed by atoms with Crippen LogP contribution in [0.5, 0.6) is 0 Å². The summed E-state index contributed by atoms with van der Waals surface area (Å²) < 4.78 is 0. The molecule has 1 heterocycles. The van der Waals surface area contributed by atoms with Crippen LogP contribution in [-0.2, 0) is 4.79 Å². The van der Waals surface area contributed by atoms with E-state index in [9.17, 15) is 4.79 Å². The molecule has 3 heteroatoms. The fourth-order valence-corrected chi connectivity index (χ4v) is 1.68. The second kappa shape index (κ2) is 3.23. The molecular formula is C10H8ClNO. The molecule has 0 aliphatic carbocycles. The first-order valence-electron chi connectivity index (χ1n) is 3.99. The summed E-state index contributed by atoms with van der Waals surface area (Å²) in [5.74, 6) is 0. The van der Waals surface area contributed by atoms with Gasteiger partial charge < -0.3 is 10.1 Å². The van der Waals surface area contributed by atoms with Gasteiger partial charge in [0.25, 0.3) is 0 Å². The van der Waals surface area contributed by atoms with Gasteiger partial charge in [0.15, 0.2) is 0 Å². The van der Waals surface area contributed by atoms with Crippen LogP contribution in [0.2, 0.25) is 5.02 Å². The smallest absolute Gasteiger partial charge is 0.146 e. The number of carbonyl (C=O) groups excluding carboxylic acids is 1. The Balaban J connectivity index is 2.59. The van der Waals surface area contributed by atoms with Crippen molar-refractivity contribution in [3.05, 3.63) is 40.5 Å². The van der Waals surface area contributed by atoms with E-state index in [0.29, 0.717) is 5.02 Å². The number of hydrogen-bond donors (Lipinski definition) is 1. The summed E-state index contributed by atoms with van der Waals surface area (Å²) in [5.41, 5.74) is 1.87. The second-order valence-electron chi connectivity index (χ2n) is 2.86. The van der Waals surface area contributed by atoms with Gasteiger partial charge in [0.2, 0.25) is 0 Å². The van der Waals surface area contributed by atoms with Crippen molar-refractivity contribution in [2.24, 2.45) is 0 Å². The van der Waals surface area contributed by atoms with Gasteiger partial charge >= 0.3 is 0 Å². The van der Waals surface area contributed by atoms with Gasteiger partial charge in [0.05, 0.1) is 0 Å². The molecule has 1 N–H and O–H groups in total. The molecule has 0 bridgehead atoms. The van der Waals surface area contributed by atoms with Gasteiger partial charge in [-0.2, -0.15) is 0 Å². The van der Waals surface area contributed by atoms with E-state index in [1.54, 1.807) is 6.20 Å². The lowest BCUT2D eigenvalue weighted by atomic mass is 9.99. The first kappa shape index (κ1) is 8.32. The summed E-state index contributed by atoms with van der Waals surface area (Å²) in [6, 6.07) is 5.30. The molecule has 2 rings (SSSR count). The van der Waals surface area contributed by atoms with Crippen molar-refractivity contribution in [1.82, 2.24) is 5.32 Å². The van der Waals surface area contributed by atoms with Crippen molar-refractivity contribution in [3.8, 4) is 0 Å². The maximum absolute atomic E-state index is 10.7. The predicted octanol–water partition coefficient (Wildman–Crippen LogP) is 2.15. The monoisotopic (exact) mass is 193 g/mol. The molecule has 1 aromatic carbocycles. The molecule has 1 aliphatic heterocycles. The van der Waals surface area contributed by atoms with Gasteiger partial charge in [0, 0.05) is 10.6 Å². The first-order valence-corrected chi connectivity index (χ1v) is 4.37. The Morgan fingerprint density at radius 2 is 2.31 bits per heavy atom. The Morgan fingerprint density at radius 1 is 1.46 bits per heavy atom. The summed E-state index contributed by atoms with van der Waals surface area (Å²) in [6.45, 7) is 0. The molecule has 1 aliphatic rings. The summed E-state index contributed by atoms with van der Waals surface area (Å²) in [5, 5.41) is 3.63. The number of aldehydes is 1. The summed E-state index contributed by atoms with van der Waals surface area (Å²) in [6.07, 6.45) is 4.49. The minimum absolute atomic E-state index is 0.265. The van der Waals surface area contributed by atoms with E-state index in [4.69, 9.17) is 11.6 Å². The van der Waals surface area contributed by atoms with E-state index >= 15 is 0 Å². The van der Waals surface area contributed by atoms with Gasteiger partial charge in [-0.05, 0) is 23.9 Å². The number of benzene rings is 1. The van der Waals surface area contributed by atoms with Crippen molar-refractivity contribution in [2.75, 3.05) is 0 Å². The molecule has 66 valence electrons. The molecule has 0 spiro atoms. The third-order valence-electron chi connectivity index (χ3n) is 2.08. The number of carbonyl (C=O) groups is 1. The Kier molecular flexibility index (Phi) is 2.07. The fraction of sp³-hybridized carbons (Fsp3) is 0.100. The van der Waals surface area contributed by atoms with Crippen LogP contribution in [0.15, 0.2) is 24.4 Å². The van der Waals surface area contributed by atoms with Gasteiger partial charge in [-0.1, -0.05) is 23.7 Å². The zero-order valence-corrected chi connectivity index (χ0v) is 7.58. The van der Waals surface area contributed by atoms with Gasteiger partial charge in [0.1, 0.15) is 12.3 Å². The van der Waals surface area contributed by atoms with Crippen molar-refractivity contribution < 1.29 is 4.79 Å². The lowest BCUT2D eigenvalue weighted by molar-refractivity contribution is -0.109. The maximum Gasteiger partial charge on any atom is 0.146 e. The van der Waals surface area contributed by atoms with Crippen LogP contribution in [0.4, 0.5) is 0 Å². The molecule has 0 amide bonds. The maximum atomic E-state index is 10.7. The molecule has 1 atom stereocenters. The lowest BCUT2D eigenvalue weighted by Gasteiger charge is -2.19. The average Bonchev–Trinajstić information content (AvgIpc) is 2.18. The normalized spacial score (nSPS) is 19.0. The Hall–Kier alpha value is -1.28. The van der Waals surface area contributed by atoms with Gasteiger partial charge in [-0.3, -0.25) is 0 Å². The Morgan fingerprint density at radius 3 is 3.08 bits per heavy atom. The molecule has 1 aromatic rings. The van der Waals surface area contributed by atoms with Crippen molar-refractivity contribution in [3.63, 3.8) is 0 Å². The van der Waals surface area contributed by atoms with Crippen LogP contribution in [0, 0.1) is 0 Å². The highest BCUT2D eigenvalue weighted by Crippen LogP contribution is 2.28. The van der Waals surface area contributed by atoms with E-state index in [-0.39, 0.29) is 6.04 Å². The lowest BCUT2D eigenvalue weighted by Crippen LogP contribution is -2.20. The van der Waals surface area contributed by atoms with Crippen molar-refractivity contribution in [1.29, 1.82) is 0 Å². The third-order valence-corrected chi connectivity index (χ3v) is 2.41. The summed E-state index contributed by atoms with van der Waals surface area (Å²) >= 11 is 5.97. The molecule has 13 heavy (non-hydrogen) atoms. The number of hydrogen-bond acceptors (Lipinski definition) is 2. The number of nitrogens with one attached hydrogen (secondary N) is 1. The van der Waals surface area contributed by atoms with Crippen molar-refractivity contribution >= 4 is 24.0 Å². The number of halogens is 1. The van der Waals surface area contributed by atoms with Crippen LogP contribution in [0.3, 0.4) is 0 Å².